The zero-order valence-electron chi connectivity index (χ0n) is 26.5. The summed E-state index contributed by atoms with van der Waals surface area (Å²) in [6, 6.07) is 29.1. The molecule has 4 aromatic carbocycles. The van der Waals surface area contributed by atoms with Crippen molar-refractivity contribution in [3.05, 3.63) is 152 Å². The smallest absolute Gasteiger partial charge is 0.255 e. The van der Waals surface area contributed by atoms with Gasteiger partial charge in [0.2, 0.25) is 20.0 Å². The lowest BCUT2D eigenvalue weighted by atomic mass is 10.2. The van der Waals surface area contributed by atoms with E-state index in [1.165, 1.54) is 46.9 Å². The molecule has 0 bridgehead atoms. The van der Waals surface area contributed by atoms with Crippen LogP contribution in [0.5, 0.6) is 0 Å². The standard InChI is InChI=1S/C35H31Cl3N4O6S2/c1-25-7-14-31(15-8-25)49(44,45)41(22-27-9-18-33(37)34(38)19-27)23-30-13-12-29(48-30)20-39-40-35(43)24-42(21-26-5-3-2-4-6-26)50(46,47)32-16-10-28(36)11-17-32/h2-20H,21-24H2,1H3,(H,40,43)/b39-20-. The quantitative estimate of drug-likeness (QED) is 0.0933. The molecule has 50 heavy (non-hydrogen) atoms. The summed E-state index contributed by atoms with van der Waals surface area (Å²) in [5, 5.41) is 4.95. The predicted molar refractivity (Wildman–Crippen MR) is 194 cm³/mol. The summed E-state index contributed by atoms with van der Waals surface area (Å²) in [7, 11) is -8.06. The van der Waals surface area contributed by atoms with Gasteiger partial charge in [-0.3, -0.25) is 4.79 Å². The maximum Gasteiger partial charge on any atom is 0.255 e. The van der Waals surface area contributed by atoms with E-state index >= 15 is 0 Å². The van der Waals surface area contributed by atoms with Crippen LogP contribution in [0.4, 0.5) is 0 Å². The molecule has 260 valence electrons. The lowest BCUT2D eigenvalue weighted by Crippen LogP contribution is -2.39. The first-order valence-electron chi connectivity index (χ1n) is 15.0. The Morgan fingerprint density at radius 1 is 0.720 bits per heavy atom. The van der Waals surface area contributed by atoms with Crippen LogP contribution < -0.4 is 5.43 Å². The Balaban J connectivity index is 1.29. The van der Waals surface area contributed by atoms with Crippen LogP contribution in [0.25, 0.3) is 0 Å². The number of aryl methyl sites for hydroxylation is 1. The van der Waals surface area contributed by atoms with Crippen molar-refractivity contribution >= 4 is 67.0 Å². The average Bonchev–Trinajstić information content (AvgIpc) is 3.53. The first kappa shape index (κ1) is 37.3. The Morgan fingerprint density at radius 3 is 2.00 bits per heavy atom. The summed E-state index contributed by atoms with van der Waals surface area (Å²) in [6.45, 7) is 1.12. The zero-order chi connectivity index (χ0) is 35.9. The molecule has 0 spiro atoms. The number of benzene rings is 4. The molecule has 1 aromatic heterocycles. The molecule has 0 saturated heterocycles. The van der Waals surface area contributed by atoms with Gasteiger partial charge in [0.15, 0.2) is 0 Å². The number of nitrogens with zero attached hydrogens (tertiary/aromatic N) is 3. The number of hydrogen-bond acceptors (Lipinski definition) is 7. The third-order valence-corrected chi connectivity index (χ3v) is 12.0. The van der Waals surface area contributed by atoms with E-state index < -0.39 is 32.5 Å². The van der Waals surface area contributed by atoms with Gasteiger partial charge >= 0.3 is 0 Å². The van der Waals surface area contributed by atoms with Gasteiger partial charge in [0, 0.05) is 18.1 Å². The number of hydrogen-bond donors (Lipinski definition) is 1. The molecule has 1 N–H and O–H groups in total. The van der Waals surface area contributed by atoms with Crippen LogP contribution in [0.3, 0.4) is 0 Å². The van der Waals surface area contributed by atoms with E-state index in [4.69, 9.17) is 39.2 Å². The molecule has 1 amide bonds. The molecule has 0 atom stereocenters. The van der Waals surface area contributed by atoms with Crippen molar-refractivity contribution in [1.29, 1.82) is 0 Å². The van der Waals surface area contributed by atoms with E-state index in [0.29, 0.717) is 32.0 Å². The largest absolute Gasteiger partial charge is 0.459 e. The highest BCUT2D eigenvalue weighted by Gasteiger charge is 2.28. The molecule has 0 aliphatic carbocycles. The first-order chi connectivity index (χ1) is 23.8. The first-order valence-corrected chi connectivity index (χ1v) is 19.0. The van der Waals surface area contributed by atoms with Crippen LogP contribution in [-0.4, -0.2) is 44.1 Å². The monoisotopic (exact) mass is 772 g/mol. The van der Waals surface area contributed by atoms with E-state index in [1.54, 1.807) is 72.8 Å². The van der Waals surface area contributed by atoms with E-state index in [9.17, 15) is 21.6 Å². The Hall–Kier alpha value is -4.01. The average molecular weight is 774 g/mol. The number of halogens is 3. The van der Waals surface area contributed by atoms with Gasteiger partial charge in [-0.1, -0.05) is 88.9 Å². The normalized spacial score (nSPS) is 12.2. The van der Waals surface area contributed by atoms with E-state index in [0.717, 1.165) is 9.87 Å². The Morgan fingerprint density at radius 2 is 1.34 bits per heavy atom. The molecule has 0 radical (unpaired) electrons. The number of nitrogens with one attached hydrogen (secondary N) is 1. The van der Waals surface area contributed by atoms with Crippen LogP contribution in [0.15, 0.2) is 129 Å². The van der Waals surface area contributed by atoms with Crippen LogP contribution >= 0.6 is 34.8 Å². The number of amides is 1. The van der Waals surface area contributed by atoms with Crippen LogP contribution in [0, 0.1) is 6.92 Å². The van der Waals surface area contributed by atoms with E-state index in [1.807, 2.05) is 6.92 Å². The number of sulfonamides is 2. The van der Waals surface area contributed by atoms with Gasteiger partial charge < -0.3 is 4.42 Å². The summed E-state index contributed by atoms with van der Waals surface area (Å²) in [6.07, 6.45) is 1.23. The molecule has 5 aromatic rings. The third-order valence-electron chi connectivity index (χ3n) is 7.37. The summed E-state index contributed by atoms with van der Waals surface area (Å²) in [5.41, 5.74) is 4.55. The van der Waals surface area contributed by atoms with Gasteiger partial charge in [0.25, 0.3) is 5.91 Å². The van der Waals surface area contributed by atoms with Crippen LogP contribution in [0.2, 0.25) is 15.1 Å². The second-order valence-electron chi connectivity index (χ2n) is 11.1. The van der Waals surface area contributed by atoms with Crippen LogP contribution in [-0.2, 0) is 44.5 Å². The summed E-state index contributed by atoms with van der Waals surface area (Å²) in [4.78, 5) is 13.0. The Labute approximate surface area is 306 Å². The Kier molecular flexibility index (Phi) is 12.2. The lowest BCUT2D eigenvalue weighted by molar-refractivity contribution is -0.121. The number of hydrazone groups is 1. The summed E-state index contributed by atoms with van der Waals surface area (Å²) in [5.74, 6) is -0.174. The maximum atomic E-state index is 13.7. The highest BCUT2D eigenvalue weighted by molar-refractivity contribution is 7.89. The van der Waals surface area contributed by atoms with Gasteiger partial charge in [-0.25, -0.2) is 22.3 Å². The minimum absolute atomic E-state index is 0.0187. The molecular weight excluding hydrogens is 743 g/mol. The van der Waals surface area contributed by atoms with Crippen molar-refractivity contribution in [3.63, 3.8) is 0 Å². The van der Waals surface area contributed by atoms with Gasteiger partial charge in [-0.05, 0) is 78.7 Å². The predicted octanol–water partition coefficient (Wildman–Crippen LogP) is 7.28. The fourth-order valence-electron chi connectivity index (χ4n) is 4.78. The molecule has 5 rings (SSSR count). The molecule has 0 unspecified atom stereocenters. The number of carbonyl (C=O) groups is 1. The van der Waals surface area contributed by atoms with Gasteiger partial charge in [0.1, 0.15) is 11.5 Å². The SMILES string of the molecule is Cc1ccc(S(=O)(=O)N(Cc2ccc(Cl)c(Cl)c2)Cc2ccc(/C=N\NC(=O)CN(Cc3ccccc3)S(=O)(=O)c3ccc(Cl)cc3)o2)cc1. The number of rotatable bonds is 14. The number of furan rings is 1. The minimum Gasteiger partial charge on any atom is -0.459 e. The molecule has 10 nitrogen and oxygen atoms in total. The zero-order valence-corrected chi connectivity index (χ0v) is 30.4. The minimum atomic E-state index is -4.08. The van der Waals surface area contributed by atoms with Crippen molar-refractivity contribution in [2.75, 3.05) is 6.54 Å². The van der Waals surface area contributed by atoms with Crippen molar-refractivity contribution in [2.24, 2.45) is 5.10 Å². The van der Waals surface area contributed by atoms with Gasteiger partial charge in [-0.2, -0.15) is 13.7 Å². The third kappa shape index (κ3) is 9.61. The van der Waals surface area contributed by atoms with Crippen molar-refractivity contribution in [1.82, 2.24) is 14.0 Å². The van der Waals surface area contributed by atoms with Crippen molar-refractivity contribution in [2.45, 2.75) is 36.3 Å². The highest BCUT2D eigenvalue weighted by atomic mass is 35.5. The second kappa shape index (κ2) is 16.3. The fraction of sp³-hybridized carbons (Fsp3) is 0.143. The summed E-state index contributed by atoms with van der Waals surface area (Å²) < 4.78 is 62.6. The molecule has 0 fully saturated rings. The maximum absolute atomic E-state index is 13.7. The summed E-state index contributed by atoms with van der Waals surface area (Å²) >= 11 is 18.2. The van der Waals surface area contributed by atoms with E-state index in [2.05, 4.69) is 10.5 Å². The number of carbonyl (C=O) groups excluding carboxylic acids is 1. The van der Waals surface area contributed by atoms with Gasteiger partial charge in [0.05, 0.1) is 39.1 Å². The Bertz CT molecular complexity index is 2200. The molecule has 0 aliphatic heterocycles. The van der Waals surface area contributed by atoms with Crippen molar-refractivity contribution < 1.29 is 26.0 Å². The van der Waals surface area contributed by atoms with Crippen molar-refractivity contribution in [3.8, 4) is 0 Å². The molecule has 15 heteroatoms. The van der Waals surface area contributed by atoms with Gasteiger partial charge in [-0.15, -0.1) is 0 Å². The molecule has 1 heterocycles. The fourth-order valence-corrected chi connectivity index (χ4v) is 8.01. The lowest BCUT2D eigenvalue weighted by Gasteiger charge is -2.22. The highest BCUT2D eigenvalue weighted by Crippen LogP contribution is 2.27. The molecule has 0 aliphatic rings. The second-order valence-corrected chi connectivity index (χ2v) is 16.3. The topological polar surface area (TPSA) is 129 Å². The molecular formula is C35H31Cl3N4O6S2. The molecule has 0 saturated carbocycles. The van der Waals surface area contributed by atoms with E-state index in [-0.39, 0.29) is 35.2 Å². The van der Waals surface area contributed by atoms with Crippen LogP contribution in [0.1, 0.15) is 28.2 Å².